The van der Waals surface area contributed by atoms with Crippen LogP contribution in [0.2, 0.25) is 0 Å². The van der Waals surface area contributed by atoms with E-state index in [1.54, 1.807) is 19.4 Å². The van der Waals surface area contributed by atoms with Crippen LogP contribution in [0, 0.1) is 6.92 Å². The van der Waals surface area contributed by atoms with Crippen LogP contribution in [0.3, 0.4) is 0 Å². The second-order valence-electron chi connectivity index (χ2n) is 6.15. The number of aryl methyl sites for hydroxylation is 1. The van der Waals surface area contributed by atoms with E-state index < -0.39 is 17.6 Å². The summed E-state index contributed by atoms with van der Waals surface area (Å²) >= 11 is 0. The fourth-order valence-corrected chi connectivity index (χ4v) is 2.86. The molecule has 0 aliphatic rings. The summed E-state index contributed by atoms with van der Waals surface area (Å²) in [5.41, 5.74) is 2.79. The van der Waals surface area contributed by atoms with E-state index in [0.717, 1.165) is 28.8 Å². The van der Waals surface area contributed by atoms with Crippen LogP contribution < -0.4 is 4.90 Å². The molecule has 0 radical (unpaired) electrons. The van der Waals surface area contributed by atoms with Crippen LogP contribution in [0.5, 0.6) is 0 Å². The molecule has 6 heteroatoms. The maximum absolute atomic E-state index is 12.8. The number of hydrogen-bond donors (Lipinski definition) is 0. The summed E-state index contributed by atoms with van der Waals surface area (Å²) in [6.45, 7) is 1.97. The van der Waals surface area contributed by atoms with Crippen LogP contribution in [0.15, 0.2) is 67.0 Å². The van der Waals surface area contributed by atoms with Gasteiger partial charge in [-0.25, -0.2) is 0 Å². The van der Waals surface area contributed by atoms with Crippen molar-refractivity contribution in [3.05, 3.63) is 83.7 Å². The maximum atomic E-state index is 12.8. The molecule has 0 bridgehead atoms. The SMILES string of the molecule is Cc1ccccc1-c1ccncc1N(C)C(=O)c1ccc(C(F)(F)F)cc1. The summed E-state index contributed by atoms with van der Waals surface area (Å²) in [7, 11) is 1.58. The zero-order valence-corrected chi connectivity index (χ0v) is 14.8. The van der Waals surface area contributed by atoms with Crippen LogP contribution in [0.4, 0.5) is 18.9 Å². The van der Waals surface area contributed by atoms with Gasteiger partial charge in [0.2, 0.25) is 0 Å². The van der Waals surface area contributed by atoms with Gasteiger partial charge in [0.05, 0.1) is 17.4 Å². The second kappa shape index (κ2) is 7.23. The van der Waals surface area contributed by atoms with Gasteiger partial charge >= 0.3 is 6.18 Å². The monoisotopic (exact) mass is 370 g/mol. The molecule has 1 amide bonds. The van der Waals surface area contributed by atoms with Gasteiger partial charge < -0.3 is 4.90 Å². The molecule has 0 fully saturated rings. The number of carbonyl (C=O) groups is 1. The van der Waals surface area contributed by atoms with Gasteiger partial charge in [0, 0.05) is 24.4 Å². The number of aromatic nitrogens is 1. The van der Waals surface area contributed by atoms with E-state index in [1.165, 1.54) is 17.0 Å². The third kappa shape index (κ3) is 3.84. The predicted octanol–water partition coefficient (Wildman–Crippen LogP) is 5.35. The molecular weight excluding hydrogens is 353 g/mol. The van der Waals surface area contributed by atoms with Crippen molar-refractivity contribution in [3.8, 4) is 11.1 Å². The lowest BCUT2D eigenvalue weighted by atomic mass is 9.99. The Morgan fingerprint density at radius 2 is 1.63 bits per heavy atom. The number of benzene rings is 2. The van der Waals surface area contributed by atoms with Crippen molar-refractivity contribution >= 4 is 11.6 Å². The highest BCUT2D eigenvalue weighted by atomic mass is 19.4. The summed E-state index contributed by atoms with van der Waals surface area (Å²) in [4.78, 5) is 18.3. The average molecular weight is 370 g/mol. The lowest BCUT2D eigenvalue weighted by Crippen LogP contribution is -2.27. The molecule has 0 aliphatic heterocycles. The molecule has 0 saturated carbocycles. The average Bonchev–Trinajstić information content (AvgIpc) is 2.67. The summed E-state index contributed by atoms with van der Waals surface area (Å²) in [6.07, 6.45) is -1.22. The largest absolute Gasteiger partial charge is 0.416 e. The Balaban J connectivity index is 1.96. The number of anilines is 1. The van der Waals surface area contributed by atoms with Crippen molar-refractivity contribution in [3.63, 3.8) is 0 Å². The van der Waals surface area contributed by atoms with E-state index in [4.69, 9.17) is 0 Å². The molecule has 2 aromatic carbocycles. The van der Waals surface area contributed by atoms with Gasteiger partial charge in [-0.1, -0.05) is 24.3 Å². The van der Waals surface area contributed by atoms with Gasteiger partial charge in [-0.05, 0) is 48.4 Å². The van der Waals surface area contributed by atoms with Crippen molar-refractivity contribution in [1.82, 2.24) is 4.98 Å². The molecule has 138 valence electrons. The number of rotatable bonds is 3. The van der Waals surface area contributed by atoms with Crippen molar-refractivity contribution in [2.24, 2.45) is 0 Å². The molecule has 3 rings (SSSR count). The summed E-state index contributed by atoms with van der Waals surface area (Å²) in [5, 5.41) is 0. The van der Waals surface area contributed by atoms with Crippen LogP contribution in [0.1, 0.15) is 21.5 Å². The first kappa shape index (κ1) is 18.6. The van der Waals surface area contributed by atoms with E-state index in [9.17, 15) is 18.0 Å². The van der Waals surface area contributed by atoms with Gasteiger partial charge in [0.25, 0.3) is 5.91 Å². The Labute approximate surface area is 155 Å². The van der Waals surface area contributed by atoms with E-state index >= 15 is 0 Å². The van der Waals surface area contributed by atoms with E-state index in [1.807, 2.05) is 37.3 Å². The first-order valence-electron chi connectivity index (χ1n) is 8.24. The Morgan fingerprint density at radius 3 is 2.26 bits per heavy atom. The molecule has 27 heavy (non-hydrogen) atoms. The van der Waals surface area contributed by atoms with Gasteiger partial charge in [0.15, 0.2) is 0 Å². The highest BCUT2D eigenvalue weighted by molar-refractivity contribution is 6.07. The summed E-state index contributed by atoms with van der Waals surface area (Å²) < 4.78 is 38.2. The summed E-state index contributed by atoms with van der Waals surface area (Å²) in [5.74, 6) is -0.411. The topological polar surface area (TPSA) is 33.2 Å². The molecule has 0 spiro atoms. The Bertz CT molecular complexity index is 966. The first-order chi connectivity index (χ1) is 12.8. The minimum atomic E-state index is -4.44. The van der Waals surface area contributed by atoms with Crippen molar-refractivity contribution in [1.29, 1.82) is 0 Å². The molecule has 1 aromatic heterocycles. The number of halogens is 3. The number of hydrogen-bond acceptors (Lipinski definition) is 2. The number of carbonyl (C=O) groups excluding carboxylic acids is 1. The lowest BCUT2D eigenvalue weighted by molar-refractivity contribution is -0.137. The Kier molecular flexibility index (Phi) is 4.99. The minimum absolute atomic E-state index is 0.171. The Morgan fingerprint density at radius 1 is 0.963 bits per heavy atom. The highest BCUT2D eigenvalue weighted by Gasteiger charge is 2.30. The quantitative estimate of drug-likeness (QED) is 0.622. The molecule has 0 aliphatic carbocycles. The molecule has 3 aromatic rings. The van der Waals surface area contributed by atoms with E-state index in [0.29, 0.717) is 5.69 Å². The summed E-state index contributed by atoms with van der Waals surface area (Å²) in [6, 6.07) is 13.8. The predicted molar refractivity (Wildman–Crippen MR) is 98.6 cm³/mol. The standard InChI is InChI=1S/C21H17F3N2O/c1-14-5-3-4-6-17(14)18-11-12-25-13-19(18)26(2)20(27)15-7-9-16(10-8-15)21(22,23)24/h3-13H,1-2H3. The molecular formula is C21H17F3N2O. The molecule has 0 N–H and O–H groups in total. The number of alkyl halides is 3. The van der Waals surface area contributed by atoms with Crippen molar-refractivity contribution < 1.29 is 18.0 Å². The Hall–Kier alpha value is -3.15. The highest BCUT2D eigenvalue weighted by Crippen LogP contribution is 2.33. The number of amides is 1. The van der Waals surface area contributed by atoms with Crippen LogP contribution in [0.25, 0.3) is 11.1 Å². The molecule has 1 heterocycles. The van der Waals surface area contributed by atoms with Crippen molar-refractivity contribution in [2.45, 2.75) is 13.1 Å². The van der Waals surface area contributed by atoms with Gasteiger partial charge in [-0.15, -0.1) is 0 Å². The zero-order valence-electron chi connectivity index (χ0n) is 14.8. The zero-order chi connectivity index (χ0) is 19.6. The fraction of sp³-hybridized carbons (Fsp3) is 0.143. The van der Waals surface area contributed by atoms with Gasteiger partial charge in [0.1, 0.15) is 0 Å². The van der Waals surface area contributed by atoms with Gasteiger partial charge in [-0.2, -0.15) is 13.2 Å². The fourth-order valence-electron chi connectivity index (χ4n) is 2.86. The molecule has 0 saturated heterocycles. The van der Waals surface area contributed by atoms with E-state index in [2.05, 4.69) is 4.98 Å². The first-order valence-corrected chi connectivity index (χ1v) is 8.24. The minimum Gasteiger partial charge on any atom is -0.309 e. The smallest absolute Gasteiger partial charge is 0.309 e. The van der Waals surface area contributed by atoms with E-state index in [-0.39, 0.29) is 5.56 Å². The molecule has 3 nitrogen and oxygen atoms in total. The number of pyridine rings is 1. The van der Waals surface area contributed by atoms with Crippen LogP contribution in [-0.2, 0) is 6.18 Å². The van der Waals surface area contributed by atoms with Crippen LogP contribution in [-0.4, -0.2) is 17.9 Å². The molecule has 0 atom stereocenters. The maximum Gasteiger partial charge on any atom is 0.416 e. The van der Waals surface area contributed by atoms with Crippen molar-refractivity contribution in [2.75, 3.05) is 11.9 Å². The third-order valence-electron chi connectivity index (χ3n) is 4.36. The molecule has 0 unspecified atom stereocenters. The number of nitrogens with zero attached hydrogens (tertiary/aromatic N) is 2. The lowest BCUT2D eigenvalue weighted by Gasteiger charge is -2.21. The van der Waals surface area contributed by atoms with Crippen LogP contribution >= 0.6 is 0 Å². The second-order valence-corrected chi connectivity index (χ2v) is 6.15. The third-order valence-corrected chi connectivity index (χ3v) is 4.36. The normalized spacial score (nSPS) is 11.3. The van der Waals surface area contributed by atoms with Gasteiger partial charge in [-0.3, -0.25) is 9.78 Å².